The van der Waals surface area contributed by atoms with Crippen molar-refractivity contribution >= 4 is 20.5 Å². The normalized spacial score (nSPS) is 5.80. The summed E-state index contributed by atoms with van der Waals surface area (Å²) in [4.78, 5) is 0. The van der Waals surface area contributed by atoms with E-state index < -0.39 is 10.4 Å². The molecule has 0 unspecified atom stereocenters. The molecule has 0 fully saturated rings. The van der Waals surface area contributed by atoms with Crippen molar-refractivity contribution in [3.63, 3.8) is 0 Å². The molecule has 0 radical (unpaired) electrons. The van der Waals surface area contributed by atoms with E-state index in [1.807, 2.05) is 0 Å². The summed E-state index contributed by atoms with van der Waals surface area (Å²) in [5, 5.41) is 0. The summed E-state index contributed by atoms with van der Waals surface area (Å²) < 4.78 is 34.1. The van der Waals surface area contributed by atoms with Crippen LogP contribution in [0.2, 0.25) is 0 Å². The van der Waals surface area contributed by atoms with Crippen LogP contribution in [0.15, 0.2) is 0 Å². The van der Waals surface area contributed by atoms with Crippen molar-refractivity contribution < 1.29 is 39.4 Å². The summed E-state index contributed by atoms with van der Waals surface area (Å²) in [6, 6.07) is 0. The van der Waals surface area contributed by atoms with Crippen LogP contribution in [0, 0.1) is 0 Å². The van der Waals surface area contributed by atoms with Gasteiger partial charge < -0.3 is 31.0 Å². The number of rotatable bonds is 0. The largest absolute Gasteiger partial charge is 2.00 e. The Hall–Kier alpha value is -0.121. The Bertz CT molecular complexity index is 92.4. The molecule has 0 heterocycles. The Morgan fingerprint density at radius 2 is 0.900 bits per heavy atom. The molecular formula is H6BeO8S-2. The fourth-order valence-electron chi connectivity index (χ4n) is 0. The minimum Gasteiger partial charge on any atom is -0.870 e. The molecule has 0 aromatic carbocycles. The Labute approximate surface area is 60.9 Å². The molecule has 0 aliphatic rings. The Kier molecular flexibility index (Phi) is 82.5. The van der Waals surface area contributed by atoms with Crippen molar-refractivity contribution in [1.82, 2.24) is 0 Å². The van der Waals surface area contributed by atoms with E-state index in [1.54, 1.807) is 0 Å². The van der Waals surface area contributed by atoms with E-state index in [9.17, 15) is 0 Å². The van der Waals surface area contributed by atoms with Crippen molar-refractivity contribution in [3.8, 4) is 0 Å². The summed E-state index contributed by atoms with van der Waals surface area (Å²) >= 11 is 0. The second kappa shape index (κ2) is 15.9. The quantitative estimate of drug-likeness (QED) is 0.205. The Balaban J connectivity index is -0.00000000800. The van der Waals surface area contributed by atoms with Gasteiger partial charge in [-0.2, -0.15) is 0 Å². The molecule has 0 aliphatic carbocycles. The van der Waals surface area contributed by atoms with E-state index in [0.717, 1.165) is 0 Å². The molecule has 0 aromatic heterocycles. The topological polar surface area (TPSA) is 203 Å². The zero-order valence-corrected chi connectivity index (χ0v) is 5.46. The number of hydrogen-bond acceptors (Lipinski definition) is 6. The molecule has 0 amide bonds. The molecule has 10 heavy (non-hydrogen) atoms. The van der Waals surface area contributed by atoms with Crippen LogP contribution in [0.1, 0.15) is 0 Å². The van der Waals surface area contributed by atoms with Gasteiger partial charge in [-0.05, 0) is 0 Å². The molecule has 0 aliphatic heterocycles. The van der Waals surface area contributed by atoms with Gasteiger partial charge in [-0.3, -0.25) is 8.42 Å². The van der Waals surface area contributed by atoms with Crippen LogP contribution < -0.4 is 0 Å². The molecule has 0 atom stereocenters. The zero-order chi connectivity index (χ0) is 4.50. The van der Waals surface area contributed by atoms with Gasteiger partial charge in [0.15, 0.2) is 0 Å². The summed E-state index contributed by atoms with van der Waals surface area (Å²) in [5.41, 5.74) is 0. The maximum Gasteiger partial charge on any atom is 2.00 e. The molecule has 0 spiro atoms. The summed E-state index contributed by atoms with van der Waals surface area (Å²) in [6.45, 7) is 0. The summed E-state index contributed by atoms with van der Waals surface area (Å²) in [7, 11) is -5.17. The Morgan fingerprint density at radius 1 is 0.900 bits per heavy atom. The molecule has 0 saturated carbocycles. The molecule has 10 heteroatoms. The van der Waals surface area contributed by atoms with Crippen LogP contribution in [0.3, 0.4) is 0 Å². The third kappa shape index (κ3) is 25400. The standard InChI is InChI=1S/Be.H2O4S.4H2O/c;1-5(2,3)4;;;;/h;(H2,1,2,3,4);4*1H2/q+2;;;;;/p-4. The van der Waals surface area contributed by atoms with Crippen LogP contribution in [-0.2, 0) is 10.4 Å². The smallest absolute Gasteiger partial charge is 0.870 e. The van der Waals surface area contributed by atoms with E-state index in [1.165, 1.54) is 0 Å². The fraction of sp³-hybridized carbons (Fsp3) is 0. The van der Waals surface area contributed by atoms with Gasteiger partial charge in [-0.1, -0.05) is 0 Å². The molecule has 8 nitrogen and oxygen atoms in total. The third-order valence-electron chi connectivity index (χ3n) is 0. The van der Waals surface area contributed by atoms with E-state index in [0.29, 0.717) is 0 Å². The zero-order valence-electron chi connectivity index (χ0n) is 4.64. The minimum atomic E-state index is -5.17. The van der Waals surface area contributed by atoms with Crippen LogP contribution in [0.5, 0.6) is 0 Å². The summed E-state index contributed by atoms with van der Waals surface area (Å²) in [6.07, 6.45) is 0. The maximum absolute atomic E-state index is 8.52. The fourth-order valence-corrected chi connectivity index (χ4v) is 0. The van der Waals surface area contributed by atoms with Crippen molar-refractivity contribution in [2.24, 2.45) is 0 Å². The first-order valence-electron chi connectivity index (χ1n) is 0.667. The summed E-state index contributed by atoms with van der Waals surface area (Å²) in [5.74, 6) is 0. The molecule has 0 saturated heterocycles. The van der Waals surface area contributed by atoms with Crippen LogP contribution >= 0.6 is 0 Å². The van der Waals surface area contributed by atoms with Crippen LogP contribution in [0.4, 0.5) is 0 Å². The SMILES string of the molecule is O.O.O=S(=O)([O-])[O-].[Be+2].[OH-].[OH-]. The average Bonchev–Trinajstić information content (AvgIpc) is 0.722. The monoisotopic (exact) mass is 175 g/mol. The number of hydrogen-bond donors (Lipinski definition) is 0. The van der Waals surface area contributed by atoms with E-state index in [-0.39, 0.29) is 32.0 Å². The van der Waals surface area contributed by atoms with Gasteiger partial charge in [0.2, 0.25) is 0 Å². The van der Waals surface area contributed by atoms with E-state index >= 15 is 0 Å². The molecule has 6 N–H and O–H groups in total. The predicted molar refractivity (Wildman–Crippen MR) is 27.3 cm³/mol. The van der Waals surface area contributed by atoms with Gasteiger partial charge in [-0.15, -0.1) is 0 Å². The minimum absolute atomic E-state index is 0. The first-order chi connectivity index (χ1) is 2.00. The van der Waals surface area contributed by atoms with Crippen molar-refractivity contribution in [2.75, 3.05) is 0 Å². The van der Waals surface area contributed by atoms with Gasteiger partial charge in [0.1, 0.15) is 0 Å². The molecule has 64 valence electrons. The van der Waals surface area contributed by atoms with Crippen molar-refractivity contribution in [2.45, 2.75) is 0 Å². The molecule has 0 aromatic rings. The molecular weight excluding hydrogens is 169 g/mol. The first-order valence-corrected chi connectivity index (χ1v) is 2.00. The van der Waals surface area contributed by atoms with Crippen molar-refractivity contribution in [3.05, 3.63) is 0 Å². The van der Waals surface area contributed by atoms with Crippen LogP contribution in [-0.4, -0.2) is 49.5 Å². The van der Waals surface area contributed by atoms with Crippen molar-refractivity contribution in [1.29, 1.82) is 0 Å². The second-order valence-electron chi connectivity index (χ2n) is 0.408. The van der Waals surface area contributed by atoms with Gasteiger partial charge >= 0.3 is 10.1 Å². The van der Waals surface area contributed by atoms with E-state index in [2.05, 4.69) is 0 Å². The van der Waals surface area contributed by atoms with Gasteiger partial charge in [0.25, 0.3) is 0 Å². The van der Waals surface area contributed by atoms with Crippen LogP contribution in [0.25, 0.3) is 0 Å². The van der Waals surface area contributed by atoms with Gasteiger partial charge in [-0.25, -0.2) is 0 Å². The first kappa shape index (κ1) is 51.8. The predicted octanol–water partition coefficient (Wildman–Crippen LogP) is -3.72. The van der Waals surface area contributed by atoms with E-state index in [4.69, 9.17) is 17.5 Å². The Morgan fingerprint density at radius 3 is 0.900 bits per heavy atom. The molecule has 0 bridgehead atoms. The maximum atomic E-state index is 8.52. The molecule has 0 rings (SSSR count). The average molecular weight is 175 g/mol. The third-order valence-corrected chi connectivity index (χ3v) is 0. The van der Waals surface area contributed by atoms with Gasteiger partial charge in [0.05, 0.1) is 0 Å². The van der Waals surface area contributed by atoms with Gasteiger partial charge in [0, 0.05) is 10.4 Å². The second-order valence-corrected chi connectivity index (χ2v) is 1.22.